The molecule has 5 heterocycles. The molecule has 3 aliphatic heterocycles. The van der Waals surface area contributed by atoms with Crippen LogP contribution in [0.5, 0.6) is 5.75 Å². The second-order valence-electron chi connectivity index (χ2n) is 14.8. The molecule has 5 N–H and O–H groups in total. The number of aromatic nitrogens is 2. The van der Waals surface area contributed by atoms with Crippen molar-refractivity contribution in [3.05, 3.63) is 105 Å². The average Bonchev–Trinajstić information content (AvgIpc) is 3.16. The number of carboxylic acids is 1. The van der Waals surface area contributed by atoms with Gasteiger partial charge in [0.2, 0.25) is 5.56 Å². The molecule has 0 radical (unpaired) electrons. The van der Waals surface area contributed by atoms with Crippen LogP contribution in [0.3, 0.4) is 0 Å². The van der Waals surface area contributed by atoms with Crippen LogP contribution in [0.1, 0.15) is 95.9 Å². The molecule has 4 fully saturated rings. The number of fused-ring (bicyclic) bond motifs is 4. The number of hydrogen-bond donors (Lipinski definition) is 5. The Kier molecular flexibility index (Phi) is 10.7. The number of carboxylic acid groups (broad SMARTS) is 1. The molecule has 2 bridgehead atoms. The van der Waals surface area contributed by atoms with Gasteiger partial charge in [-0.15, -0.1) is 0 Å². The summed E-state index contributed by atoms with van der Waals surface area (Å²) in [6, 6.07) is 17.6. The molecule has 1 aliphatic carbocycles. The topological polar surface area (TPSA) is 165 Å². The average molecular weight is 709 g/mol. The van der Waals surface area contributed by atoms with Crippen molar-refractivity contribution in [2.24, 2.45) is 5.92 Å². The number of pyridine rings is 2. The number of benzene rings is 2. The van der Waals surface area contributed by atoms with Crippen LogP contribution in [0, 0.1) is 5.92 Å². The van der Waals surface area contributed by atoms with Crippen LogP contribution < -0.4 is 10.9 Å². The molecule has 3 saturated heterocycles. The van der Waals surface area contributed by atoms with Gasteiger partial charge in [0.15, 0.2) is 0 Å². The summed E-state index contributed by atoms with van der Waals surface area (Å²) in [6.45, 7) is 3.52. The van der Waals surface area contributed by atoms with E-state index in [1.54, 1.807) is 24.3 Å². The number of phenolic OH excluding ortho intramolecular Hbond substituents is 1. The highest BCUT2D eigenvalue weighted by atomic mass is 16.5. The normalized spacial score (nSPS) is 21.5. The smallest absolute Gasteiger partial charge is 0.337 e. The van der Waals surface area contributed by atoms with Crippen molar-refractivity contribution < 1.29 is 29.6 Å². The molecule has 1 saturated carbocycles. The number of aliphatic hydroxyl groups is 1. The highest BCUT2D eigenvalue weighted by molar-refractivity contribution is 5.89. The van der Waals surface area contributed by atoms with Crippen molar-refractivity contribution in [2.75, 3.05) is 26.2 Å². The lowest BCUT2D eigenvalue weighted by atomic mass is 9.69. The first kappa shape index (κ1) is 35.8. The Morgan fingerprint density at radius 3 is 2.58 bits per heavy atom. The minimum atomic E-state index is -1.03. The number of aromatic carboxylic acids is 1. The third kappa shape index (κ3) is 7.62. The van der Waals surface area contributed by atoms with Gasteiger partial charge in [-0.1, -0.05) is 49.6 Å². The maximum absolute atomic E-state index is 14.0. The minimum absolute atomic E-state index is 0.0171. The van der Waals surface area contributed by atoms with E-state index in [4.69, 9.17) is 9.72 Å². The van der Waals surface area contributed by atoms with Gasteiger partial charge in [0, 0.05) is 31.1 Å². The van der Waals surface area contributed by atoms with Gasteiger partial charge in [-0.25, -0.2) is 4.79 Å². The SMILES string of the molecule is O=C(O)c1ccc(CNC[C@H](O)c2ccc(O)c3[nH]c(=O)ccc23)nc1CCCc1cccc(C2(C(=O)O[C@H]3CN4CCC3CC4)CCCCC2)c1. The number of esters is 1. The molecule has 2 atom stereocenters. The molecule has 11 nitrogen and oxygen atoms in total. The van der Waals surface area contributed by atoms with Crippen molar-refractivity contribution in [3.63, 3.8) is 0 Å². The highest BCUT2D eigenvalue weighted by Gasteiger charge is 2.46. The lowest BCUT2D eigenvalue weighted by molar-refractivity contribution is -0.167. The number of aliphatic hydroxyl groups excluding tert-OH is 1. The number of nitrogens with zero attached hydrogens (tertiary/aromatic N) is 2. The number of piperidine rings is 3. The molecular formula is C41H48N4O7. The largest absolute Gasteiger partial charge is 0.506 e. The monoisotopic (exact) mass is 708 g/mol. The Bertz CT molecular complexity index is 1980. The Hall–Kier alpha value is -4.58. The lowest BCUT2D eigenvalue weighted by Crippen LogP contribution is -2.53. The van der Waals surface area contributed by atoms with Gasteiger partial charge in [0.1, 0.15) is 11.9 Å². The fraction of sp³-hybridized carbons (Fsp3) is 0.463. The van der Waals surface area contributed by atoms with Gasteiger partial charge in [-0.2, -0.15) is 0 Å². The van der Waals surface area contributed by atoms with E-state index in [1.165, 1.54) is 12.1 Å². The number of ether oxygens (including phenoxy) is 1. The predicted octanol–water partition coefficient (Wildman–Crippen LogP) is 5.16. The highest BCUT2D eigenvalue weighted by Crippen LogP contribution is 2.42. The molecule has 274 valence electrons. The van der Waals surface area contributed by atoms with Gasteiger partial charge < -0.3 is 30.4 Å². The number of nitrogens with one attached hydrogen (secondary N) is 2. The fourth-order valence-corrected chi connectivity index (χ4v) is 8.57. The van der Waals surface area contributed by atoms with Crippen molar-refractivity contribution >= 4 is 22.8 Å². The zero-order valence-corrected chi connectivity index (χ0v) is 29.5. The van der Waals surface area contributed by atoms with Crippen molar-refractivity contribution in [2.45, 2.75) is 88.4 Å². The van der Waals surface area contributed by atoms with E-state index in [0.717, 1.165) is 75.7 Å². The van der Waals surface area contributed by atoms with Gasteiger partial charge in [-0.3, -0.25) is 19.5 Å². The number of aryl methyl sites for hydroxylation is 2. The maximum atomic E-state index is 14.0. The number of aromatic hydroxyl groups is 1. The van der Waals surface area contributed by atoms with E-state index < -0.39 is 17.5 Å². The lowest BCUT2D eigenvalue weighted by Gasteiger charge is -2.45. The van der Waals surface area contributed by atoms with Gasteiger partial charge in [0.05, 0.1) is 34.0 Å². The minimum Gasteiger partial charge on any atom is -0.506 e. The van der Waals surface area contributed by atoms with E-state index >= 15 is 0 Å². The number of phenols is 1. The quantitative estimate of drug-likeness (QED) is 0.117. The first-order chi connectivity index (χ1) is 25.2. The first-order valence-corrected chi connectivity index (χ1v) is 18.7. The molecule has 11 heteroatoms. The molecule has 2 aromatic heterocycles. The third-order valence-electron chi connectivity index (χ3n) is 11.5. The van der Waals surface area contributed by atoms with Crippen LogP contribution in [0.2, 0.25) is 0 Å². The zero-order valence-electron chi connectivity index (χ0n) is 29.5. The summed E-state index contributed by atoms with van der Waals surface area (Å²) in [6.07, 6.45) is 7.84. The van der Waals surface area contributed by atoms with Crippen LogP contribution in [0.25, 0.3) is 10.9 Å². The number of hydrogen-bond acceptors (Lipinski definition) is 9. The summed E-state index contributed by atoms with van der Waals surface area (Å²) in [5.74, 6) is -0.708. The molecule has 0 spiro atoms. The van der Waals surface area contributed by atoms with Gasteiger partial charge in [0.25, 0.3) is 0 Å². The standard InChI is InChI=1S/C41H48N4O7/c46-34-14-12-30(31-13-15-37(48)44-38(31)34)35(47)24-42-23-29-10-11-32(39(49)50)33(43-29)9-5-7-26-6-4-8-28(22-26)41(18-2-1-3-19-41)40(51)52-36-25-45-20-16-27(36)17-21-45/h4,6,8,10-15,22,27,35-36,42,46-47H,1-3,5,7,9,16-21,23-25H2,(H,44,48)(H,49,50)/t35-,36-/m0/s1. The predicted molar refractivity (Wildman–Crippen MR) is 196 cm³/mol. The molecule has 4 aliphatic rings. The maximum Gasteiger partial charge on any atom is 0.337 e. The molecule has 52 heavy (non-hydrogen) atoms. The number of carbonyl (C=O) groups is 2. The van der Waals surface area contributed by atoms with Crippen LogP contribution in [0.15, 0.2) is 65.5 Å². The summed E-state index contributed by atoms with van der Waals surface area (Å²) >= 11 is 0. The van der Waals surface area contributed by atoms with Crippen molar-refractivity contribution in [3.8, 4) is 5.75 Å². The molecule has 4 aromatic rings. The summed E-state index contributed by atoms with van der Waals surface area (Å²) in [5.41, 5.74) is 3.30. The van der Waals surface area contributed by atoms with Crippen LogP contribution in [-0.2, 0) is 34.3 Å². The van der Waals surface area contributed by atoms with Gasteiger partial charge >= 0.3 is 11.9 Å². The molecule has 0 unspecified atom stereocenters. The summed E-state index contributed by atoms with van der Waals surface area (Å²) in [7, 11) is 0. The van der Waals surface area contributed by atoms with E-state index in [-0.39, 0.29) is 41.0 Å². The van der Waals surface area contributed by atoms with Crippen molar-refractivity contribution in [1.29, 1.82) is 0 Å². The summed E-state index contributed by atoms with van der Waals surface area (Å²) in [4.78, 5) is 47.6. The first-order valence-electron chi connectivity index (χ1n) is 18.7. The Balaban J connectivity index is 0.991. The molecular weight excluding hydrogens is 660 g/mol. The van der Waals surface area contributed by atoms with E-state index in [2.05, 4.69) is 33.4 Å². The fourth-order valence-electron chi connectivity index (χ4n) is 8.57. The Morgan fingerprint density at radius 2 is 1.83 bits per heavy atom. The molecule has 8 rings (SSSR count). The third-order valence-corrected chi connectivity index (χ3v) is 11.5. The second-order valence-corrected chi connectivity index (χ2v) is 14.8. The number of carbonyl (C=O) groups excluding carboxylic acids is 1. The Labute approximate surface area is 303 Å². The van der Waals surface area contributed by atoms with E-state index in [0.29, 0.717) is 54.1 Å². The molecule has 2 aromatic carbocycles. The van der Waals surface area contributed by atoms with E-state index in [9.17, 15) is 29.7 Å². The number of rotatable bonds is 13. The van der Waals surface area contributed by atoms with Crippen molar-refractivity contribution in [1.82, 2.24) is 20.2 Å². The Morgan fingerprint density at radius 1 is 1.02 bits per heavy atom. The summed E-state index contributed by atoms with van der Waals surface area (Å²) < 4.78 is 6.35. The van der Waals surface area contributed by atoms with E-state index in [1.807, 2.05) is 6.07 Å². The van der Waals surface area contributed by atoms with Gasteiger partial charge in [-0.05, 0) is 105 Å². The number of H-pyrrole nitrogens is 1. The summed E-state index contributed by atoms with van der Waals surface area (Å²) in [5, 5.41) is 34.8. The molecule has 0 amide bonds. The zero-order chi connectivity index (χ0) is 36.2. The van der Waals surface area contributed by atoms with Crippen LogP contribution in [-0.4, -0.2) is 74.4 Å². The second kappa shape index (κ2) is 15.6. The number of aromatic amines is 1. The van der Waals surface area contributed by atoms with Crippen LogP contribution >= 0.6 is 0 Å². The van der Waals surface area contributed by atoms with Crippen LogP contribution in [0.4, 0.5) is 0 Å².